The van der Waals surface area contributed by atoms with Crippen LogP contribution < -0.4 is 16.0 Å². The smallest absolute Gasteiger partial charge is 0.318 e. The highest BCUT2D eigenvalue weighted by Gasteiger charge is 2.02. The van der Waals surface area contributed by atoms with Gasteiger partial charge in [-0.05, 0) is 36.4 Å². The normalized spacial score (nSPS) is 10.7. The Kier molecular flexibility index (Phi) is 5.19. The fourth-order valence-corrected chi connectivity index (χ4v) is 2.27. The van der Waals surface area contributed by atoms with Gasteiger partial charge in [-0.15, -0.1) is 0 Å². The van der Waals surface area contributed by atoms with Crippen molar-refractivity contribution in [2.75, 3.05) is 17.7 Å². The van der Waals surface area contributed by atoms with Crippen molar-refractivity contribution in [1.29, 1.82) is 0 Å². The third kappa shape index (κ3) is 4.41. The zero-order chi connectivity index (χ0) is 18.4. The first kappa shape index (κ1) is 17.1. The second-order valence-corrected chi connectivity index (χ2v) is 5.39. The molecule has 1 heterocycles. The molecule has 130 valence electrons. The number of nitrogens with one attached hydrogen (secondary N) is 3. The number of rotatable bonds is 4. The summed E-state index contributed by atoms with van der Waals surface area (Å²) in [5.74, 6) is -0.308. The fraction of sp³-hybridized carbons (Fsp3) is 0.0526. The Hall–Kier alpha value is -3.74. The predicted molar refractivity (Wildman–Crippen MR) is 102 cm³/mol. The van der Waals surface area contributed by atoms with Crippen molar-refractivity contribution in [2.24, 2.45) is 0 Å². The van der Waals surface area contributed by atoms with E-state index in [1.165, 1.54) is 13.1 Å². The van der Waals surface area contributed by atoms with Crippen molar-refractivity contribution in [3.8, 4) is 0 Å². The van der Waals surface area contributed by atoms with Crippen LogP contribution in [0.25, 0.3) is 17.1 Å². The van der Waals surface area contributed by atoms with E-state index in [4.69, 9.17) is 0 Å². The van der Waals surface area contributed by atoms with Gasteiger partial charge in [0, 0.05) is 24.5 Å². The first-order valence-corrected chi connectivity index (χ1v) is 7.94. The molecular formula is C19H17N5O2. The number of anilines is 2. The summed E-state index contributed by atoms with van der Waals surface area (Å²) in [5.41, 5.74) is 3.30. The van der Waals surface area contributed by atoms with E-state index < -0.39 is 0 Å². The van der Waals surface area contributed by atoms with Crippen LogP contribution in [-0.4, -0.2) is 29.0 Å². The van der Waals surface area contributed by atoms with Crippen molar-refractivity contribution in [3.63, 3.8) is 0 Å². The van der Waals surface area contributed by atoms with Crippen LogP contribution in [0.1, 0.15) is 5.69 Å². The van der Waals surface area contributed by atoms with Crippen LogP contribution in [0.4, 0.5) is 16.2 Å². The van der Waals surface area contributed by atoms with Gasteiger partial charge < -0.3 is 16.0 Å². The lowest BCUT2D eigenvalue weighted by atomic mass is 10.2. The highest BCUT2D eigenvalue weighted by molar-refractivity contribution is 6.02. The van der Waals surface area contributed by atoms with Crippen LogP contribution in [0.5, 0.6) is 0 Å². The van der Waals surface area contributed by atoms with Gasteiger partial charge in [0.15, 0.2) is 0 Å². The van der Waals surface area contributed by atoms with E-state index in [1.807, 2.05) is 24.3 Å². The molecule has 0 unspecified atom stereocenters. The highest BCUT2D eigenvalue weighted by Crippen LogP contribution is 2.15. The van der Waals surface area contributed by atoms with E-state index in [2.05, 4.69) is 25.9 Å². The predicted octanol–water partition coefficient (Wildman–Crippen LogP) is 3.03. The van der Waals surface area contributed by atoms with Gasteiger partial charge in [0.05, 0.1) is 22.9 Å². The molecule has 0 bridgehead atoms. The Morgan fingerprint density at radius 2 is 1.69 bits per heavy atom. The molecule has 3 rings (SSSR count). The van der Waals surface area contributed by atoms with Crippen LogP contribution in [0, 0.1) is 0 Å². The third-order valence-corrected chi connectivity index (χ3v) is 3.49. The van der Waals surface area contributed by atoms with E-state index >= 15 is 0 Å². The van der Waals surface area contributed by atoms with Gasteiger partial charge in [-0.1, -0.05) is 18.2 Å². The van der Waals surface area contributed by atoms with Gasteiger partial charge >= 0.3 is 6.03 Å². The largest absolute Gasteiger partial charge is 0.341 e. The molecule has 0 saturated heterocycles. The number of hydrogen-bond acceptors (Lipinski definition) is 4. The maximum Gasteiger partial charge on any atom is 0.318 e. The van der Waals surface area contributed by atoms with Crippen molar-refractivity contribution < 1.29 is 9.59 Å². The van der Waals surface area contributed by atoms with Crippen LogP contribution >= 0.6 is 0 Å². The molecule has 2 aromatic carbocycles. The lowest BCUT2D eigenvalue weighted by Crippen LogP contribution is -2.24. The Morgan fingerprint density at radius 3 is 2.46 bits per heavy atom. The number of benzene rings is 2. The molecule has 3 aromatic rings. The number of para-hydroxylation sites is 2. The van der Waals surface area contributed by atoms with Crippen LogP contribution in [-0.2, 0) is 4.79 Å². The molecule has 0 fully saturated rings. The van der Waals surface area contributed by atoms with Crippen molar-refractivity contribution >= 4 is 40.4 Å². The molecule has 7 heteroatoms. The lowest BCUT2D eigenvalue weighted by Gasteiger charge is -2.07. The Morgan fingerprint density at radius 1 is 0.962 bits per heavy atom. The van der Waals surface area contributed by atoms with E-state index in [-0.39, 0.29) is 11.9 Å². The minimum Gasteiger partial charge on any atom is -0.341 e. The second kappa shape index (κ2) is 7.89. The summed E-state index contributed by atoms with van der Waals surface area (Å²) in [6.07, 6.45) is 4.60. The van der Waals surface area contributed by atoms with Crippen LogP contribution in [0.15, 0.2) is 60.8 Å². The van der Waals surface area contributed by atoms with Gasteiger partial charge in [-0.25, -0.2) is 9.78 Å². The second-order valence-electron chi connectivity index (χ2n) is 5.39. The number of fused-ring (bicyclic) bond motifs is 1. The average molecular weight is 347 g/mol. The van der Waals surface area contributed by atoms with E-state index in [0.717, 1.165) is 11.0 Å². The number of carbonyl (C=O) groups excluding carboxylic acids is 2. The first-order chi connectivity index (χ1) is 12.6. The third-order valence-electron chi connectivity index (χ3n) is 3.49. The summed E-state index contributed by atoms with van der Waals surface area (Å²) in [4.78, 5) is 32.2. The molecule has 0 aliphatic heterocycles. The minimum atomic E-state index is -0.330. The lowest BCUT2D eigenvalue weighted by molar-refractivity contribution is -0.111. The van der Waals surface area contributed by atoms with E-state index in [0.29, 0.717) is 17.1 Å². The number of urea groups is 1. The van der Waals surface area contributed by atoms with Gasteiger partial charge in [0.25, 0.3) is 0 Å². The topological polar surface area (TPSA) is 96.0 Å². The monoisotopic (exact) mass is 347 g/mol. The molecule has 26 heavy (non-hydrogen) atoms. The Labute approximate surface area is 150 Å². The highest BCUT2D eigenvalue weighted by atomic mass is 16.2. The Bertz CT molecular complexity index is 984. The molecule has 0 aliphatic rings. The summed E-state index contributed by atoms with van der Waals surface area (Å²) in [6.45, 7) is 0. The van der Waals surface area contributed by atoms with Gasteiger partial charge in [-0.3, -0.25) is 9.78 Å². The molecule has 0 spiro atoms. The number of hydrogen-bond donors (Lipinski definition) is 3. The van der Waals surface area contributed by atoms with E-state index in [1.54, 1.807) is 36.5 Å². The zero-order valence-electron chi connectivity index (χ0n) is 14.1. The summed E-state index contributed by atoms with van der Waals surface area (Å²) < 4.78 is 0. The average Bonchev–Trinajstić information content (AvgIpc) is 2.66. The van der Waals surface area contributed by atoms with Gasteiger partial charge in [0.1, 0.15) is 0 Å². The SMILES string of the molecule is CNC(=O)Nc1cccc(NC(=O)/C=C/c2cnc3ccccc3n2)c1. The van der Waals surface area contributed by atoms with Crippen LogP contribution in [0.2, 0.25) is 0 Å². The number of nitrogens with zero attached hydrogens (tertiary/aromatic N) is 2. The number of aromatic nitrogens is 2. The summed E-state index contributed by atoms with van der Waals surface area (Å²) in [5, 5.41) is 7.84. The maximum absolute atomic E-state index is 12.1. The fourth-order valence-electron chi connectivity index (χ4n) is 2.27. The van der Waals surface area contributed by atoms with Gasteiger partial charge in [0.2, 0.25) is 5.91 Å². The van der Waals surface area contributed by atoms with E-state index in [9.17, 15) is 9.59 Å². The molecule has 0 atom stereocenters. The molecule has 3 amide bonds. The molecule has 0 aliphatic carbocycles. The molecule has 0 saturated carbocycles. The van der Waals surface area contributed by atoms with Crippen molar-refractivity contribution in [3.05, 3.63) is 66.5 Å². The van der Waals surface area contributed by atoms with Crippen LogP contribution in [0.3, 0.4) is 0 Å². The first-order valence-electron chi connectivity index (χ1n) is 7.94. The summed E-state index contributed by atoms with van der Waals surface area (Å²) in [7, 11) is 1.53. The molecule has 0 radical (unpaired) electrons. The number of carbonyl (C=O) groups is 2. The molecule has 1 aromatic heterocycles. The zero-order valence-corrected chi connectivity index (χ0v) is 14.1. The van der Waals surface area contributed by atoms with Gasteiger partial charge in [-0.2, -0.15) is 0 Å². The molecule has 3 N–H and O–H groups in total. The Balaban J connectivity index is 1.67. The molecular weight excluding hydrogens is 330 g/mol. The van der Waals surface area contributed by atoms with Crippen molar-refractivity contribution in [1.82, 2.24) is 15.3 Å². The van der Waals surface area contributed by atoms with Crippen molar-refractivity contribution in [2.45, 2.75) is 0 Å². The maximum atomic E-state index is 12.1. The quantitative estimate of drug-likeness (QED) is 0.632. The molecule has 7 nitrogen and oxygen atoms in total. The minimum absolute atomic E-state index is 0.308. The summed E-state index contributed by atoms with van der Waals surface area (Å²) in [6, 6.07) is 14.1. The standard InChI is InChI=1S/C19H17N5O2/c1-20-19(26)24-14-6-4-5-13(11-14)23-18(25)10-9-15-12-21-16-7-2-3-8-17(16)22-15/h2-12H,1H3,(H,23,25)(H2,20,24,26)/b10-9+. The number of amides is 3. The summed E-state index contributed by atoms with van der Waals surface area (Å²) >= 11 is 0.